The molecule has 0 radical (unpaired) electrons. The molecule has 0 atom stereocenters. The predicted molar refractivity (Wildman–Crippen MR) is 50.7 cm³/mol. The summed E-state index contributed by atoms with van der Waals surface area (Å²) in [5, 5.41) is 0. The molecular weight excluding hydrogens is 136 g/mol. The first kappa shape index (κ1) is 13.3. The normalized spacial score (nSPS) is 16.2. The number of carbonyl (C=O) groups is 1. The van der Waals surface area contributed by atoms with Crippen molar-refractivity contribution < 1.29 is 4.79 Å². The van der Waals surface area contributed by atoms with Crippen LogP contribution in [-0.4, -0.2) is 6.29 Å². The highest BCUT2D eigenvalue weighted by Crippen LogP contribution is 2.26. The Bertz CT molecular complexity index is 72.9. The van der Waals surface area contributed by atoms with Gasteiger partial charge in [-0.25, -0.2) is 0 Å². The number of rotatable bonds is 1. The lowest BCUT2D eigenvalue weighted by Crippen LogP contribution is -1.86. The van der Waals surface area contributed by atoms with Crippen molar-refractivity contribution in [2.45, 2.75) is 53.4 Å². The van der Waals surface area contributed by atoms with Gasteiger partial charge in [0.2, 0.25) is 0 Å². The summed E-state index contributed by atoms with van der Waals surface area (Å²) in [7, 11) is 0. The zero-order valence-electron chi connectivity index (χ0n) is 7.10. The standard InChI is InChI=1S/C7H14.C2H4O.CH4/c1-2-7-5-3-4-6-7;1-2-3;/h7H,2-6H2,1H3;2H,1H3;1H4. The van der Waals surface area contributed by atoms with Gasteiger partial charge in [0.25, 0.3) is 0 Å². The van der Waals surface area contributed by atoms with E-state index in [1.165, 1.54) is 39.0 Å². The largest absolute Gasteiger partial charge is 0.304 e. The van der Waals surface area contributed by atoms with Crippen molar-refractivity contribution in [1.82, 2.24) is 0 Å². The predicted octanol–water partition coefficient (Wildman–Crippen LogP) is 3.43. The Morgan fingerprint density at radius 2 is 1.73 bits per heavy atom. The summed E-state index contributed by atoms with van der Waals surface area (Å²) in [6.45, 7) is 3.75. The first-order valence-corrected chi connectivity index (χ1v) is 4.24. The smallest absolute Gasteiger partial charge is 0.116 e. The van der Waals surface area contributed by atoms with Crippen LogP contribution in [0.5, 0.6) is 0 Å². The molecule has 0 saturated heterocycles. The molecule has 0 amide bonds. The average Bonchev–Trinajstić information content (AvgIpc) is 2.39. The second-order valence-corrected chi connectivity index (χ2v) is 2.79. The van der Waals surface area contributed by atoms with Crippen LogP contribution in [0, 0.1) is 5.92 Å². The van der Waals surface area contributed by atoms with Crippen molar-refractivity contribution in [3.8, 4) is 0 Å². The van der Waals surface area contributed by atoms with Gasteiger partial charge in [0.1, 0.15) is 6.29 Å². The van der Waals surface area contributed by atoms with E-state index in [1.807, 2.05) is 0 Å². The number of hydrogen-bond donors (Lipinski definition) is 0. The van der Waals surface area contributed by atoms with Gasteiger partial charge in [-0.2, -0.15) is 0 Å². The summed E-state index contributed by atoms with van der Waals surface area (Å²) >= 11 is 0. The van der Waals surface area contributed by atoms with Gasteiger partial charge in [0, 0.05) is 0 Å². The van der Waals surface area contributed by atoms with Crippen LogP contribution in [0.2, 0.25) is 0 Å². The van der Waals surface area contributed by atoms with Crippen LogP contribution in [0.1, 0.15) is 53.4 Å². The topological polar surface area (TPSA) is 17.1 Å². The molecule has 0 aromatic heterocycles. The summed E-state index contributed by atoms with van der Waals surface area (Å²) in [4.78, 5) is 8.81. The van der Waals surface area contributed by atoms with Gasteiger partial charge in [0.05, 0.1) is 0 Å². The number of hydrogen-bond acceptors (Lipinski definition) is 1. The maximum absolute atomic E-state index is 8.81. The molecule has 0 spiro atoms. The van der Waals surface area contributed by atoms with E-state index < -0.39 is 0 Å². The van der Waals surface area contributed by atoms with Crippen LogP contribution in [0.4, 0.5) is 0 Å². The fraction of sp³-hybridized carbons (Fsp3) is 0.900. The molecule has 0 bridgehead atoms. The molecule has 0 aliphatic heterocycles. The fourth-order valence-corrected chi connectivity index (χ4v) is 1.42. The minimum Gasteiger partial charge on any atom is -0.304 e. The summed E-state index contributed by atoms with van der Waals surface area (Å²) in [6, 6.07) is 0. The van der Waals surface area contributed by atoms with E-state index in [1.54, 1.807) is 0 Å². The van der Waals surface area contributed by atoms with Gasteiger partial charge in [-0.1, -0.05) is 46.5 Å². The summed E-state index contributed by atoms with van der Waals surface area (Å²) in [6.07, 6.45) is 8.18. The van der Waals surface area contributed by atoms with E-state index >= 15 is 0 Å². The molecule has 1 nitrogen and oxygen atoms in total. The molecule has 1 aliphatic carbocycles. The Balaban J connectivity index is 0. The molecule has 1 heteroatoms. The highest BCUT2D eigenvalue weighted by molar-refractivity contribution is 5.44. The minimum absolute atomic E-state index is 0. The molecule has 11 heavy (non-hydrogen) atoms. The maximum Gasteiger partial charge on any atom is 0.116 e. The third-order valence-electron chi connectivity index (χ3n) is 2.05. The van der Waals surface area contributed by atoms with Gasteiger partial charge in [0.15, 0.2) is 0 Å². The molecule has 0 aromatic carbocycles. The van der Waals surface area contributed by atoms with Gasteiger partial charge in [-0.3, -0.25) is 0 Å². The lowest BCUT2D eigenvalue weighted by Gasteiger charge is -1.99. The highest BCUT2D eigenvalue weighted by Gasteiger charge is 2.11. The van der Waals surface area contributed by atoms with Crippen LogP contribution < -0.4 is 0 Å². The van der Waals surface area contributed by atoms with Crippen LogP contribution in [0.3, 0.4) is 0 Å². The van der Waals surface area contributed by atoms with Gasteiger partial charge >= 0.3 is 0 Å². The monoisotopic (exact) mass is 158 g/mol. The quantitative estimate of drug-likeness (QED) is 0.534. The molecule has 1 fully saturated rings. The maximum atomic E-state index is 8.81. The van der Waals surface area contributed by atoms with Crippen LogP contribution >= 0.6 is 0 Å². The van der Waals surface area contributed by atoms with E-state index in [2.05, 4.69) is 6.92 Å². The molecule has 1 rings (SSSR count). The van der Waals surface area contributed by atoms with E-state index in [4.69, 9.17) is 4.79 Å². The Morgan fingerprint density at radius 1 is 1.36 bits per heavy atom. The molecule has 68 valence electrons. The zero-order valence-corrected chi connectivity index (χ0v) is 7.10. The second-order valence-electron chi connectivity index (χ2n) is 2.79. The third-order valence-corrected chi connectivity index (χ3v) is 2.05. The molecule has 0 heterocycles. The Morgan fingerprint density at radius 3 is 1.91 bits per heavy atom. The van der Waals surface area contributed by atoms with Crippen molar-refractivity contribution in [1.29, 1.82) is 0 Å². The summed E-state index contributed by atoms with van der Waals surface area (Å²) < 4.78 is 0. The Labute approximate surface area is 71.2 Å². The van der Waals surface area contributed by atoms with Crippen molar-refractivity contribution in [3.05, 3.63) is 0 Å². The first-order valence-electron chi connectivity index (χ1n) is 4.24. The molecular formula is C10H22O. The van der Waals surface area contributed by atoms with E-state index in [-0.39, 0.29) is 7.43 Å². The number of carbonyl (C=O) groups excluding carboxylic acids is 1. The van der Waals surface area contributed by atoms with Crippen molar-refractivity contribution in [2.24, 2.45) is 5.92 Å². The first-order chi connectivity index (χ1) is 4.85. The molecule has 0 unspecified atom stereocenters. The third kappa shape index (κ3) is 7.57. The molecule has 1 saturated carbocycles. The Hall–Kier alpha value is -0.330. The molecule has 0 N–H and O–H groups in total. The Kier molecular flexibility index (Phi) is 11.7. The number of aldehydes is 1. The van der Waals surface area contributed by atoms with Crippen LogP contribution in [0.15, 0.2) is 0 Å². The fourth-order valence-electron chi connectivity index (χ4n) is 1.42. The second kappa shape index (κ2) is 9.67. The van der Waals surface area contributed by atoms with E-state index in [0.717, 1.165) is 12.2 Å². The molecule has 1 aliphatic rings. The zero-order chi connectivity index (χ0) is 7.82. The van der Waals surface area contributed by atoms with Crippen molar-refractivity contribution >= 4 is 6.29 Å². The summed E-state index contributed by atoms with van der Waals surface area (Å²) in [5.74, 6) is 1.10. The summed E-state index contributed by atoms with van der Waals surface area (Å²) in [5.41, 5.74) is 0. The highest BCUT2D eigenvalue weighted by atomic mass is 16.1. The molecule has 0 aromatic rings. The lowest BCUT2D eigenvalue weighted by molar-refractivity contribution is -0.106. The van der Waals surface area contributed by atoms with E-state index in [9.17, 15) is 0 Å². The minimum atomic E-state index is 0. The van der Waals surface area contributed by atoms with Gasteiger partial charge in [-0.05, 0) is 12.8 Å². The van der Waals surface area contributed by atoms with Crippen LogP contribution in [-0.2, 0) is 4.79 Å². The van der Waals surface area contributed by atoms with Crippen molar-refractivity contribution in [2.75, 3.05) is 0 Å². The van der Waals surface area contributed by atoms with Crippen LogP contribution in [0.25, 0.3) is 0 Å². The van der Waals surface area contributed by atoms with Gasteiger partial charge < -0.3 is 4.79 Å². The SMILES string of the molecule is C.CC=O.CCC1CCCC1. The lowest BCUT2D eigenvalue weighted by atomic mass is 10.1. The van der Waals surface area contributed by atoms with E-state index in [0.29, 0.717) is 0 Å². The average molecular weight is 158 g/mol. The van der Waals surface area contributed by atoms with Crippen molar-refractivity contribution in [3.63, 3.8) is 0 Å². The van der Waals surface area contributed by atoms with Gasteiger partial charge in [-0.15, -0.1) is 0 Å².